The van der Waals surface area contributed by atoms with Crippen LogP contribution in [0.1, 0.15) is 0 Å². The molecule has 2 aromatic carbocycles. The molecule has 0 saturated heterocycles. The van der Waals surface area contributed by atoms with Crippen LogP contribution >= 0.6 is 0 Å². The van der Waals surface area contributed by atoms with Gasteiger partial charge in [0.05, 0.1) is 18.1 Å². The van der Waals surface area contributed by atoms with Gasteiger partial charge in [0.25, 0.3) is 0 Å². The zero-order valence-corrected chi connectivity index (χ0v) is 10.6. The number of ether oxygens (including phenoxy) is 1. The van der Waals surface area contributed by atoms with Crippen molar-refractivity contribution in [3.63, 3.8) is 0 Å². The Kier molecular flexibility index (Phi) is 3.02. The number of methoxy groups -OCH3 is 1. The van der Waals surface area contributed by atoms with Crippen molar-refractivity contribution in [1.29, 1.82) is 0 Å². The van der Waals surface area contributed by atoms with E-state index in [9.17, 15) is 8.78 Å². The van der Waals surface area contributed by atoms with E-state index < -0.39 is 11.6 Å². The van der Waals surface area contributed by atoms with Crippen molar-refractivity contribution in [1.82, 2.24) is 9.97 Å². The van der Waals surface area contributed by atoms with Crippen molar-refractivity contribution < 1.29 is 13.5 Å². The van der Waals surface area contributed by atoms with E-state index in [0.29, 0.717) is 5.56 Å². The van der Waals surface area contributed by atoms with Crippen LogP contribution in [0.15, 0.2) is 42.9 Å². The summed E-state index contributed by atoms with van der Waals surface area (Å²) in [6.07, 6.45) is 2.54. The summed E-state index contributed by atoms with van der Waals surface area (Å²) in [6.45, 7) is 0. The van der Waals surface area contributed by atoms with Gasteiger partial charge in [0.2, 0.25) is 0 Å². The highest BCUT2D eigenvalue weighted by Gasteiger charge is 2.22. The van der Waals surface area contributed by atoms with Crippen LogP contribution in [0.4, 0.5) is 8.78 Å². The van der Waals surface area contributed by atoms with Crippen molar-refractivity contribution in [2.45, 2.75) is 0 Å². The molecule has 0 atom stereocenters. The summed E-state index contributed by atoms with van der Waals surface area (Å²) >= 11 is 0. The first-order valence-electron chi connectivity index (χ1n) is 5.94. The molecule has 0 amide bonds. The lowest BCUT2D eigenvalue weighted by molar-refractivity contribution is 0.390. The second-order valence-corrected chi connectivity index (χ2v) is 4.19. The van der Waals surface area contributed by atoms with Crippen molar-refractivity contribution >= 4 is 10.9 Å². The summed E-state index contributed by atoms with van der Waals surface area (Å²) in [6, 6.07) is 8.48. The van der Waals surface area contributed by atoms with Gasteiger partial charge in [0, 0.05) is 6.20 Å². The summed E-state index contributed by atoms with van der Waals surface area (Å²) < 4.78 is 34.1. The topological polar surface area (TPSA) is 35.0 Å². The third kappa shape index (κ3) is 1.79. The molecular formula is C15H10F2N2O. The molecule has 0 fully saturated rings. The molecule has 3 nitrogen and oxygen atoms in total. The Morgan fingerprint density at radius 1 is 1.05 bits per heavy atom. The molecule has 0 aliphatic heterocycles. The molecule has 0 aliphatic rings. The van der Waals surface area contributed by atoms with Gasteiger partial charge in [0.1, 0.15) is 17.7 Å². The molecule has 100 valence electrons. The summed E-state index contributed by atoms with van der Waals surface area (Å²) in [5, 5.41) is 0.129. The van der Waals surface area contributed by atoms with E-state index in [1.54, 1.807) is 30.3 Å². The number of halogens is 2. The van der Waals surface area contributed by atoms with E-state index in [2.05, 4.69) is 9.97 Å². The molecule has 5 heteroatoms. The maximum absolute atomic E-state index is 14.6. The Morgan fingerprint density at radius 3 is 2.50 bits per heavy atom. The number of fused-ring (bicyclic) bond motifs is 1. The summed E-state index contributed by atoms with van der Waals surface area (Å²) in [7, 11) is 1.33. The van der Waals surface area contributed by atoms with Crippen molar-refractivity contribution in [3.05, 3.63) is 54.5 Å². The second kappa shape index (κ2) is 4.85. The third-order valence-electron chi connectivity index (χ3n) is 3.07. The maximum atomic E-state index is 14.6. The molecule has 1 heterocycles. The standard InChI is InChI=1S/C15H10F2N2O/c1-20-15-13(17)11(9-5-3-2-4-6-9)12(16)10-7-18-8-19-14(10)15/h2-8H,1H3. The quantitative estimate of drug-likeness (QED) is 0.715. The minimum atomic E-state index is -0.762. The largest absolute Gasteiger partial charge is 0.491 e. The van der Waals surface area contributed by atoms with Crippen LogP contribution in [-0.2, 0) is 0 Å². The molecule has 0 radical (unpaired) electrons. The number of rotatable bonds is 2. The number of hydrogen-bond acceptors (Lipinski definition) is 3. The molecule has 0 spiro atoms. The minimum Gasteiger partial charge on any atom is -0.491 e. The van der Waals surface area contributed by atoms with Crippen molar-refractivity contribution in [2.75, 3.05) is 7.11 Å². The third-order valence-corrected chi connectivity index (χ3v) is 3.07. The zero-order chi connectivity index (χ0) is 14.1. The minimum absolute atomic E-state index is 0.0809. The Morgan fingerprint density at radius 2 is 1.80 bits per heavy atom. The van der Waals surface area contributed by atoms with Gasteiger partial charge in [-0.1, -0.05) is 30.3 Å². The highest BCUT2D eigenvalue weighted by molar-refractivity contribution is 5.90. The average molecular weight is 272 g/mol. The van der Waals surface area contributed by atoms with Crippen LogP contribution in [0.25, 0.3) is 22.0 Å². The van der Waals surface area contributed by atoms with Gasteiger partial charge in [-0.05, 0) is 5.56 Å². The lowest BCUT2D eigenvalue weighted by atomic mass is 10.0. The maximum Gasteiger partial charge on any atom is 0.181 e. The molecule has 20 heavy (non-hydrogen) atoms. The number of benzene rings is 2. The summed E-state index contributed by atoms with van der Waals surface area (Å²) in [4.78, 5) is 7.68. The van der Waals surface area contributed by atoms with Crippen LogP contribution in [0.2, 0.25) is 0 Å². The normalized spacial score (nSPS) is 10.8. The monoisotopic (exact) mass is 272 g/mol. The first-order chi connectivity index (χ1) is 9.74. The Hall–Kier alpha value is -2.56. The van der Waals surface area contributed by atoms with Crippen LogP contribution in [0, 0.1) is 11.6 Å². The van der Waals surface area contributed by atoms with Crippen LogP contribution < -0.4 is 4.74 Å². The average Bonchev–Trinajstić information content (AvgIpc) is 2.49. The summed E-state index contributed by atoms with van der Waals surface area (Å²) in [5.74, 6) is -1.53. The van der Waals surface area contributed by atoms with E-state index in [4.69, 9.17) is 4.74 Å². The van der Waals surface area contributed by atoms with E-state index >= 15 is 0 Å². The highest BCUT2D eigenvalue weighted by atomic mass is 19.1. The first kappa shape index (κ1) is 12.5. The summed E-state index contributed by atoms with van der Waals surface area (Å²) in [5.41, 5.74) is 0.425. The molecule has 3 aromatic rings. The fraction of sp³-hybridized carbons (Fsp3) is 0.0667. The van der Waals surface area contributed by atoms with Gasteiger partial charge in [-0.25, -0.2) is 18.7 Å². The Balaban J connectivity index is 2.44. The molecule has 1 aromatic heterocycles. The van der Waals surface area contributed by atoms with Gasteiger partial charge >= 0.3 is 0 Å². The van der Waals surface area contributed by atoms with Gasteiger partial charge in [0.15, 0.2) is 11.6 Å². The van der Waals surface area contributed by atoms with Gasteiger partial charge in [-0.15, -0.1) is 0 Å². The van der Waals surface area contributed by atoms with Crippen LogP contribution in [0.5, 0.6) is 5.75 Å². The van der Waals surface area contributed by atoms with E-state index in [1.807, 2.05) is 0 Å². The van der Waals surface area contributed by atoms with E-state index in [-0.39, 0.29) is 22.2 Å². The van der Waals surface area contributed by atoms with E-state index in [1.165, 1.54) is 19.6 Å². The van der Waals surface area contributed by atoms with Crippen molar-refractivity contribution in [3.8, 4) is 16.9 Å². The van der Waals surface area contributed by atoms with Gasteiger partial charge in [-0.2, -0.15) is 0 Å². The van der Waals surface area contributed by atoms with Gasteiger partial charge < -0.3 is 4.74 Å². The van der Waals surface area contributed by atoms with Crippen molar-refractivity contribution in [2.24, 2.45) is 0 Å². The molecule has 0 saturated carbocycles. The molecule has 0 aliphatic carbocycles. The Labute approximate surface area is 113 Å². The Bertz CT molecular complexity index is 776. The molecular weight excluding hydrogens is 262 g/mol. The predicted molar refractivity (Wildman–Crippen MR) is 71.4 cm³/mol. The lowest BCUT2D eigenvalue weighted by Gasteiger charge is -2.12. The van der Waals surface area contributed by atoms with Crippen LogP contribution in [0.3, 0.4) is 0 Å². The molecule has 0 unspecified atom stereocenters. The highest BCUT2D eigenvalue weighted by Crippen LogP contribution is 2.37. The molecule has 0 bridgehead atoms. The van der Waals surface area contributed by atoms with Gasteiger partial charge in [-0.3, -0.25) is 0 Å². The SMILES string of the molecule is COc1c(F)c(-c2ccccc2)c(F)c2cncnc12. The first-order valence-corrected chi connectivity index (χ1v) is 5.94. The fourth-order valence-corrected chi connectivity index (χ4v) is 2.16. The fourth-order valence-electron chi connectivity index (χ4n) is 2.16. The second-order valence-electron chi connectivity index (χ2n) is 4.19. The zero-order valence-electron chi connectivity index (χ0n) is 10.6. The number of hydrogen-bond donors (Lipinski definition) is 0. The lowest BCUT2D eigenvalue weighted by Crippen LogP contribution is -1.99. The molecule has 0 N–H and O–H groups in total. The predicted octanol–water partition coefficient (Wildman–Crippen LogP) is 3.58. The smallest absolute Gasteiger partial charge is 0.181 e. The molecule has 3 rings (SSSR count). The number of aromatic nitrogens is 2. The number of nitrogens with zero attached hydrogens (tertiary/aromatic N) is 2. The van der Waals surface area contributed by atoms with E-state index in [0.717, 1.165) is 0 Å². The van der Waals surface area contributed by atoms with Crippen LogP contribution in [-0.4, -0.2) is 17.1 Å².